The predicted molar refractivity (Wildman–Crippen MR) is 48.2 cm³/mol. The summed E-state index contributed by atoms with van der Waals surface area (Å²) in [6.07, 6.45) is 14.8. The van der Waals surface area contributed by atoms with Crippen molar-refractivity contribution in [2.75, 3.05) is 6.61 Å². The quantitative estimate of drug-likeness (QED) is 0.404. The second-order valence-corrected chi connectivity index (χ2v) is 2.73. The standard InChI is InChI=1S/C10H18O/c1-3-5-6-7-8-9-10-11-4-2/h2H,3,5-10H2,1H3. The van der Waals surface area contributed by atoms with Crippen molar-refractivity contribution >= 4 is 0 Å². The van der Waals surface area contributed by atoms with Crippen molar-refractivity contribution in [3.05, 3.63) is 0 Å². The minimum absolute atomic E-state index is 0.725. The van der Waals surface area contributed by atoms with Gasteiger partial charge in [0.05, 0.1) is 0 Å². The zero-order valence-electron chi connectivity index (χ0n) is 7.44. The van der Waals surface area contributed by atoms with Crippen molar-refractivity contribution in [1.29, 1.82) is 0 Å². The third kappa shape index (κ3) is 9.36. The molecular weight excluding hydrogens is 136 g/mol. The number of unbranched alkanes of at least 4 members (excludes halogenated alkanes) is 5. The van der Waals surface area contributed by atoms with Crippen LogP contribution in [0.3, 0.4) is 0 Å². The highest BCUT2D eigenvalue weighted by molar-refractivity contribution is 4.67. The average Bonchev–Trinajstić information content (AvgIpc) is 2.03. The normalized spacial score (nSPS) is 9.09. The number of hydrogen-bond acceptors (Lipinski definition) is 1. The molecule has 0 saturated carbocycles. The van der Waals surface area contributed by atoms with Crippen LogP contribution in [-0.4, -0.2) is 6.61 Å². The topological polar surface area (TPSA) is 9.23 Å². The lowest BCUT2D eigenvalue weighted by Crippen LogP contribution is -1.87. The monoisotopic (exact) mass is 154 g/mol. The van der Waals surface area contributed by atoms with Crippen molar-refractivity contribution < 1.29 is 4.74 Å². The van der Waals surface area contributed by atoms with Crippen molar-refractivity contribution in [3.8, 4) is 12.5 Å². The van der Waals surface area contributed by atoms with E-state index >= 15 is 0 Å². The highest BCUT2D eigenvalue weighted by atomic mass is 16.5. The Hall–Kier alpha value is -0.640. The zero-order chi connectivity index (χ0) is 8.36. The van der Waals surface area contributed by atoms with Crippen molar-refractivity contribution in [2.24, 2.45) is 0 Å². The first-order chi connectivity index (χ1) is 5.41. The van der Waals surface area contributed by atoms with Crippen LogP contribution in [-0.2, 0) is 4.74 Å². The third-order valence-corrected chi connectivity index (χ3v) is 1.68. The lowest BCUT2D eigenvalue weighted by Gasteiger charge is -1.98. The molecule has 0 aromatic rings. The summed E-state index contributed by atoms with van der Waals surface area (Å²) in [4.78, 5) is 0. The maximum Gasteiger partial charge on any atom is 0.106 e. The van der Waals surface area contributed by atoms with Gasteiger partial charge in [0, 0.05) is 0 Å². The van der Waals surface area contributed by atoms with Gasteiger partial charge in [-0.25, -0.2) is 0 Å². The molecule has 1 nitrogen and oxygen atoms in total. The Kier molecular flexibility index (Phi) is 8.82. The van der Waals surface area contributed by atoms with E-state index in [1.54, 1.807) is 0 Å². The van der Waals surface area contributed by atoms with Gasteiger partial charge < -0.3 is 4.74 Å². The van der Waals surface area contributed by atoms with Gasteiger partial charge in [0.2, 0.25) is 0 Å². The molecule has 0 rings (SSSR count). The van der Waals surface area contributed by atoms with Crippen molar-refractivity contribution in [3.63, 3.8) is 0 Å². The summed E-state index contributed by atoms with van der Waals surface area (Å²) in [5.74, 6) is 0. The van der Waals surface area contributed by atoms with Gasteiger partial charge in [-0.1, -0.05) is 45.5 Å². The number of hydrogen-bond donors (Lipinski definition) is 0. The van der Waals surface area contributed by atoms with Crippen LogP contribution in [0.5, 0.6) is 0 Å². The predicted octanol–water partition coefficient (Wildman–Crippen LogP) is 2.95. The summed E-state index contributed by atoms with van der Waals surface area (Å²) in [7, 11) is 0. The van der Waals surface area contributed by atoms with Crippen LogP contribution in [0.2, 0.25) is 0 Å². The van der Waals surface area contributed by atoms with E-state index in [2.05, 4.69) is 13.0 Å². The van der Waals surface area contributed by atoms with Gasteiger partial charge in [-0.3, -0.25) is 0 Å². The molecule has 0 fully saturated rings. The average molecular weight is 154 g/mol. The largest absolute Gasteiger partial charge is 0.447 e. The second-order valence-electron chi connectivity index (χ2n) is 2.73. The maximum atomic E-state index is 4.92. The molecule has 0 spiro atoms. The van der Waals surface area contributed by atoms with Gasteiger partial charge in [0.25, 0.3) is 0 Å². The second kappa shape index (κ2) is 9.36. The zero-order valence-corrected chi connectivity index (χ0v) is 7.44. The Morgan fingerprint density at radius 3 is 2.36 bits per heavy atom. The Morgan fingerprint density at radius 2 is 1.73 bits per heavy atom. The summed E-state index contributed by atoms with van der Waals surface area (Å²) in [5.41, 5.74) is 0. The highest BCUT2D eigenvalue weighted by Crippen LogP contribution is 2.04. The number of rotatable bonds is 7. The molecule has 0 aliphatic heterocycles. The molecule has 0 radical (unpaired) electrons. The van der Waals surface area contributed by atoms with Crippen molar-refractivity contribution in [1.82, 2.24) is 0 Å². The molecule has 64 valence electrons. The molecule has 0 atom stereocenters. The molecule has 0 aliphatic carbocycles. The minimum Gasteiger partial charge on any atom is -0.447 e. The minimum atomic E-state index is 0.725. The SMILES string of the molecule is C#COCCCCCCCC. The first kappa shape index (κ1) is 10.4. The van der Waals surface area contributed by atoms with E-state index in [4.69, 9.17) is 11.2 Å². The summed E-state index contributed by atoms with van der Waals surface area (Å²) in [6.45, 7) is 2.95. The van der Waals surface area contributed by atoms with Gasteiger partial charge in [-0.15, -0.1) is 0 Å². The highest BCUT2D eigenvalue weighted by Gasteiger charge is 1.88. The maximum absolute atomic E-state index is 4.92. The fourth-order valence-corrected chi connectivity index (χ4v) is 1.01. The molecule has 11 heavy (non-hydrogen) atoms. The summed E-state index contributed by atoms with van der Waals surface area (Å²) in [6, 6.07) is 0. The molecule has 0 bridgehead atoms. The van der Waals surface area contributed by atoms with E-state index in [1.165, 1.54) is 32.1 Å². The van der Waals surface area contributed by atoms with Gasteiger partial charge in [0.15, 0.2) is 0 Å². The lowest BCUT2D eigenvalue weighted by atomic mass is 10.1. The Balaban J connectivity index is 2.75. The van der Waals surface area contributed by atoms with Gasteiger partial charge >= 0.3 is 0 Å². The molecule has 1 heteroatoms. The van der Waals surface area contributed by atoms with Crippen LogP contribution in [0.15, 0.2) is 0 Å². The molecule has 0 N–H and O–H groups in total. The molecule has 0 heterocycles. The van der Waals surface area contributed by atoms with E-state index in [0.29, 0.717) is 0 Å². The van der Waals surface area contributed by atoms with Gasteiger partial charge in [0.1, 0.15) is 12.7 Å². The van der Waals surface area contributed by atoms with E-state index in [-0.39, 0.29) is 0 Å². The van der Waals surface area contributed by atoms with E-state index in [9.17, 15) is 0 Å². The fourth-order valence-electron chi connectivity index (χ4n) is 1.01. The van der Waals surface area contributed by atoms with Crippen LogP contribution in [0, 0.1) is 12.5 Å². The van der Waals surface area contributed by atoms with Crippen molar-refractivity contribution in [2.45, 2.75) is 45.4 Å². The first-order valence-electron chi connectivity index (χ1n) is 4.49. The van der Waals surface area contributed by atoms with Crippen LogP contribution < -0.4 is 0 Å². The van der Waals surface area contributed by atoms with E-state index in [1.807, 2.05) is 0 Å². The Morgan fingerprint density at radius 1 is 1.09 bits per heavy atom. The lowest BCUT2D eigenvalue weighted by molar-refractivity contribution is 0.267. The van der Waals surface area contributed by atoms with Gasteiger partial charge in [-0.05, 0) is 6.42 Å². The summed E-state index contributed by atoms with van der Waals surface area (Å²) < 4.78 is 4.77. The molecular formula is C10H18O. The molecule has 0 unspecified atom stereocenters. The van der Waals surface area contributed by atoms with E-state index in [0.717, 1.165) is 13.0 Å². The van der Waals surface area contributed by atoms with E-state index < -0.39 is 0 Å². The summed E-state index contributed by atoms with van der Waals surface area (Å²) in [5, 5.41) is 0. The van der Waals surface area contributed by atoms with Crippen LogP contribution >= 0.6 is 0 Å². The Bertz CT molecular complexity index is 102. The number of terminal acetylenes is 1. The molecule has 0 saturated heterocycles. The molecule has 0 aromatic carbocycles. The fraction of sp³-hybridized carbons (Fsp3) is 0.800. The molecule has 0 aromatic heterocycles. The van der Waals surface area contributed by atoms with Crippen LogP contribution in [0.25, 0.3) is 0 Å². The number of ether oxygens (including phenoxy) is 1. The molecule has 0 aliphatic rings. The first-order valence-corrected chi connectivity index (χ1v) is 4.49. The summed E-state index contributed by atoms with van der Waals surface area (Å²) >= 11 is 0. The molecule has 0 amide bonds. The van der Waals surface area contributed by atoms with Crippen LogP contribution in [0.4, 0.5) is 0 Å². The Labute approximate surface area is 70.1 Å². The van der Waals surface area contributed by atoms with Gasteiger partial charge in [-0.2, -0.15) is 0 Å². The van der Waals surface area contributed by atoms with Crippen LogP contribution in [0.1, 0.15) is 45.4 Å². The smallest absolute Gasteiger partial charge is 0.106 e. The third-order valence-electron chi connectivity index (χ3n) is 1.68.